The van der Waals surface area contributed by atoms with Crippen LogP contribution in [0.5, 0.6) is 0 Å². The molecule has 2 aliphatic heterocycles. The van der Waals surface area contributed by atoms with Crippen LogP contribution in [0.1, 0.15) is 72.5 Å². The molecule has 2 bridgehead atoms. The summed E-state index contributed by atoms with van der Waals surface area (Å²) in [4.78, 5) is 53.8. The zero-order chi connectivity index (χ0) is 30.6. The Kier molecular flexibility index (Phi) is 6.11. The Morgan fingerprint density at radius 3 is 2.52 bits per heavy atom. The largest absolute Gasteiger partial charge is 0.472 e. The highest BCUT2D eigenvalue weighted by atomic mass is 16.6. The van der Waals surface area contributed by atoms with Gasteiger partial charge < -0.3 is 28.5 Å². The first-order valence-electron chi connectivity index (χ1n) is 14.4. The molecule has 0 aromatic carbocycles. The zero-order valence-electron chi connectivity index (χ0n) is 25.0. The van der Waals surface area contributed by atoms with Crippen LogP contribution in [0.4, 0.5) is 0 Å². The molecule has 42 heavy (non-hydrogen) atoms. The minimum atomic E-state index is -2.24. The number of Topliss-reactive ketones (excluding diaryl/α,β-unsaturated/α-hetero) is 1. The van der Waals surface area contributed by atoms with E-state index in [2.05, 4.69) is 0 Å². The number of fused-ring (bicyclic) bond motifs is 5. The normalized spacial score (nSPS) is 43.2. The standard InChI is InChI=1S/C32H38O10/c1-8-16(2)24(35)41-26-28(3,4)19(13-21(33)38-7)30(6)18-9-11-29(5)20(32(18)27(42-32)31(26,37)25(30)36)14-22(34)40-23(29)17-10-12-39-15-17/h8-10,12,15,19-20,23,26-27,37H,11,13-14H2,1-7H3/b16-8+/t19-,20+,23-,26-,27+,29+,30+,31-,32+/m0/s1. The molecule has 3 heterocycles. The Morgan fingerprint density at radius 1 is 1.19 bits per heavy atom. The van der Waals surface area contributed by atoms with Gasteiger partial charge in [-0.15, -0.1) is 0 Å². The Hall–Kier alpha value is -3.24. The van der Waals surface area contributed by atoms with E-state index in [1.54, 1.807) is 53.0 Å². The third-order valence-electron chi connectivity index (χ3n) is 11.2. The lowest BCUT2D eigenvalue weighted by Crippen LogP contribution is -2.78. The molecule has 2 saturated carbocycles. The number of aliphatic hydroxyl groups is 1. The average molecular weight is 583 g/mol. The van der Waals surface area contributed by atoms with Gasteiger partial charge >= 0.3 is 17.9 Å². The van der Waals surface area contributed by atoms with Crippen molar-refractivity contribution >= 4 is 23.7 Å². The molecule has 3 aliphatic carbocycles. The van der Waals surface area contributed by atoms with Crippen molar-refractivity contribution in [1.29, 1.82) is 0 Å². The maximum Gasteiger partial charge on any atom is 0.333 e. The smallest absolute Gasteiger partial charge is 0.333 e. The SMILES string of the molecule is C/C=C(\C)C(=O)O[C@H]1C(C)(C)[C@H](CC(=O)OC)[C@]2(C)C(=O)[C@@]1(O)[C@H]1O[C@@]13C2=CC[C@]1(C)[C@H]3CC(=O)O[C@H]1c1ccoc1. The predicted octanol–water partition coefficient (Wildman–Crippen LogP) is 3.78. The monoisotopic (exact) mass is 582 g/mol. The Labute approximate surface area is 244 Å². The van der Waals surface area contributed by atoms with Crippen LogP contribution in [0.25, 0.3) is 0 Å². The number of hydrogen-bond donors (Lipinski definition) is 1. The van der Waals surface area contributed by atoms with Crippen molar-refractivity contribution < 1.29 is 47.6 Å². The van der Waals surface area contributed by atoms with E-state index in [1.165, 1.54) is 13.4 Å². The molecule has 0 radical (unpaired) electrons. The number of carbonyl (C=O) groups is 4. The van der Waals surface area contributed by atoms with E-state index in [9.17, 15) is 24.3 Å². The van der Waals surface area contributed by atoms with Gasteiger partial charge in [-0.2, -0.15) is 0 Å². The summed E-state index contributed by atoms with van der Waals surface area (Å²) in [6.07, 6.45) is 3.89. The first-order chi connectivity index (χ1) is 19.6. The van der Waals surface area contributed by atoms with Gasteiger partial charge in [0.1, 0.15) is 23.9 Å². The molecule has 10 heteroatoms. The fourth-order valence-electron chi connectivity index (χ4n) is 9.03. The molecule has 0 unspecified atom stereocenters. The third kappa shape index (κ3) is 3.33. The summed E-state index contributed by atoms with van der Waals surface area (Å²) in [6, 6.07) is 1.76. The van der Waals surface area contributed by atoms with Crippen molar-refractivity contribution in [2.24, 2.45) is 28.1 Å². The summed E-state index contributed by atoms with van der Waals surface area (Å²) in [6.45, 7) is 10.6. The van der Waals surface area contributed by atoms with Crippen LogP contribution in [-0.4, -0.2) is 59.3 Å². The fourth-order valence-corrected chi connectivity index (χ4v) is 9.03. The van der Waals surface area contributed by atoms with E-state index < -0.39 is 81.3 Å². The number of esters is 3. The topological polar surface area (TPSA) is 142 Å². The van der Waals surface area contributed by atoms with Crippen LogP contribution in [0.2, 0.25) is 0 Å². The number of hydrogen-bond acceptors (Lipinski definition) is 10. The minimum absolute atomic E-state index is 0.00619. The van der Waals surface area contributed by atoms with Crippen LogP contribution < -0.4 is 0 Å². The number of rotatable bonds is 5. The predicted molar refractivity (Wildman–Crippen MR) is 145 cm³/mol. The van der Waals surface area contributed by atoms with Gasteiger partial charge in [-0.1, -0.05) is 32.9 Å². The van der Waals surface area contributed by atoms with Gasteiger partial charge in [-0.05, 0) is 44.7 Å². The van der Waals surface area contributed by atoms with Crippen LogP contribution in [0.3, 0.4) is 0 Å². The van der Waals surface area contributed by atoms with E-state index in [4.69, 9.17) is 23.4 Å². The molecular formula is C32H38O10. The van der Waals surface area contributed by atoms with E-state index in [0.29, 0.717) is 23.1 Å². The van der Waals surface area contributed by atoms with Crippen LogP contribution in [-0.2, 0) is 38.1 Å². The van der Waals surface area contributed by atoms with Crippen molar-refractivity contribution in [2.45, 2.75) is 90.3 Å². The highest BCUT2D eigenvalue weighted by molar-refractivity contribution is 6.02. The number of methoxy groups -OCH3 is 1. The summed E-state index contributed by atoms with van der Waals surface area (Å²) in [7, 11) is 1.28. The highest BCUT2D eigenvalue weighted by Crippen LogP contribution is 2.77. The summed E-state index contributed by atoms with van der Waals surface area (Å²) in [5, 5.41) is 12.6. The summed E-state index contributed by atoms with van der Waals surface area (Å²) >= 11 is 0. The number of carbonyl (C=O) groups excluding carboxylic acids is 4. The molecular weight excluding hydrogens is 544 g/mol. The second kappa shape index (κ2) is 8.89. The van der Waals surface area contributed by atoms with Gasteiger partial charge in [0.05, 0.1) is 37.9 Å². The molecule has 9 atom stereocenters. The maximum atomic E-state index is 14.7. The number of epoxide rings is 1. The Morgan fingerprint density at radius 2 is 1.90 bits per heavy atom. The summed E-state index contributed by atoms with van der Waals surface area (Å²) in [5.74, 6) is -3.40. The van der Waals surface area contributed by atoms with Gasteiger partial charge in [0, 0.05) is 27.9 Å². The maximum absolute atomic E-state index is 14.7. The molecule has 0 amide bonds. The molecule has 1 aromatic heterocycles. The van der Waals surface area contributed by atoms with Crippen LogP contribution in [0.15, 0.2) is 46.3 Å². The second-order valence-electron chi connectivity index (χ2n) is 13.6. The molecule has 1 N–H and O–H groups in total. The van der Waals surface area contributed by atoms with Crippen molar-refractivity contribution in [3.63, 3.8) is 0 Å². The number of ketones is 1. The second-order valence-corrected chi connectivity index (χ2v) is 13.6. The Balaban J connectivity index is 1.56. The molecule has 10 nitrogen and oxygen atoms in total. The molecule has 1 spiro atoms. The number of cyclic esters (lactones) is 1. The Bertz CT molecular complexity index is 1440. The van der Waals surface area contributed by atoms with Gasteiger partial charge in [-0.25, -0.2) is 4.79 Å². The lowest BCUT2D eigenvalue weighted by molar-refractivity contribution is -0.227. The van der Waals surface area contributed by atoms with E-state index >= 15 is 0 Å². The molecule has 5 aliphatic rings. The minimum Gasteiger partial charge on any atom is -0.472 e. The van der Waals surface area contributed by atoms with Crippen molar-refractivity contribution in [3.8, 4) is 0 Å². The summed E-state index contributed by atoms with van der Waals surface area (Å²) in [5.41, 5.74) is -4.89. The highest BCUT2D eigenvalue weighted by Gasteiger charge is 2.89. The first kappa shape index (κ1) is 28.9. The molecule has 226 valence electrons. The van der Waals surface area contributed by atoms with Crippen molar-refractivity contribution in [1.82, 2.24) is 0 Å². The van der Waals surface area contributed by atoms with Gasteiger partial charge in [0.15, 0.2) is 11.4 Å². The van der Waals surface area contributed by atoms with Crippen molar-refractivity contribution in [2.75, 3.05) is 7.11 Å². The third-order valence-corrected chi connectivity index (χ3v) is 11.2. The van der Waals surface area contributed by atoms with Crippen LogP contribution in [0, 0.1) is 28.1 Å². The molecule has 2 saturated heterocycles. The lowest BCUT2D eigenvalue weighted by Gasteiger charge is -2.64. The van der Waals surface area contributed by atoms with Gasteiger partial charge in [0.25, 0.3) is 0 Å². The molecule has 4 fully saturated rings. The lowest BCUT2D eigenvalue weighted by atomic mass is 9.39. The quantitative estimate of drug-likeness (QED) is 0.179. The molecule has 1 aromatic rings. The van der Waals surface area contributed by atoms with Crippen molar-refractivity contribution in [3.05, 3.63) is 47.5 Å². The molecule has 6 rings (SSSR count). The van der Waals surface area contributed by atoms with E-state index in [0.717, 1.165) is 0 Å². The van der Waals surface area contributed by atoms with E-state index in [1.807, 2.05) is 13.0 Å². The summed E-state index contributed by atoms with van der Waals surface area (Å²) < 4.78 is 28.8. The average Bonchev–Trinajstić information content (AvgIpc) is 3.44. The first-order valence-corrected chi connectivity index (χ1v) is 14.4. The zero-order valence-corrected chi connectivity index (χ0v) is 25.0. The fraction of sp³-hybridized carbons (Fsp3) is 0.625. The number of ether oxygens (including phenoxy) is 4. The number of furan rings is 1. The van der Waals surface area contributed by atoms with Crippen LogP contribution >= 0.6 is 0 Å². The van der Waals surface area contributed by atoms with Gasteiger partial charge in [-0.3, -0.25) is 14.4 Å². The van der Waals surface area contributed by atoms with E-state index in [-0.39, 0.29) is 12.8 Å². The van der Waals surface area contributed by atoms with Gasteiger partial charge in [0.2, 0.25) is 0 Å². The number of allylic oxidation sites excluding steroid dienone is 2.